The van der Waals surface area contributed by atoms with Gasteiger partial charge >= 0.3 is 11.9 Å². The Morgan fingerprint density at radius 3 is 2.34 bits per heavy atom. The zero-order chi connectivity index (χ0) is 29.2. The number of esters is 2. The van der Waals surface area contributed by atoms with Crippen molar-refractivity contribution < 1.29 is 24.2 Å². The van der Waals surface area contributed by atoms with Gasteiger partial charge < -0.3 is 14.6 Å². The van der Waals surface area contributed by atoms with E-state index in [1.165, 1.54) is 16.7 Å². The van der Waals surface area contributed by atoms with E-state index in [9.17, 15) is 14.7 Å². The number of fused-ring (bicyclic) bond motifs is 1. The maximum atomic E-state index is 12.0. The molecule has 0 radical (unpaired) electrons. The number of hydrogen-bond donors (Lipinski definition) is 1. The van der Waals surface area contributed by atoms with E-state index in [0.717, 1.165) is 68.9 Å². The van der Waals surface area contributed by atoms with Crippen molar-refractivity contribution in [2.45, 2.75) is 96.7 Å². The summed E-state index contributed by atoms with van der Waals surface area (Å²) in [7, 11) is 0. The monoisotopic (exact) mass is 558 g/mol. The highest BCUT2D eigenvalue weighted by Crippen LogP contribution is 2.66. The predicted molar refractivity (Wildman–Crippen MR) is 164 cm³/mol. The number of carbonyl (C=O) groups is 2. The van der Waals surface area contributed by atoms with Crippen LogP contribution in [0.2, 0.25) is 0 Å². The molecule has 2 aliphatic rings. The minimum Gasteiger partial charge on any atom is -0.462 e. The van der Waals surface area contributed by atoms with Gasteiger partial charge in [-0.2, -0.15) is 0 Å². The van der Waals surface area contributed by atoms with Gasteiger partial charge in [0.1, 0.15) is 12.7 Å². The molecular weight excluding hydrogens is 512 g/mol. The molecule has 41 heavy (non-hydrogen) atoms. The zero-order valence-electron chi connectivity index (χ0n) is 24.8. The summed E-state index contributed by atoms with van der Waals surface area (Å²) in [6.07, 6.45) is 8.71. The SMILES string of the molecule is C=C(c1ccccc1)C12CCC(O)C1CC(CCCCCCCC(=O)OC[C@@H](C)OC(=O)CC)=C2c1ccccc1. The molecule has 0 heterocycles. The number of aliphatic hydroxyl groups is 1. The maximum absolute atomic E-state index is 12.0. The van der Waals surface area contributed by atoms with Crippen molar-refractivity contribution >= 4 is 23.1 Å². The Bertz CT molecular complexity index is 1200. The molecule has 3 unspecified atom stereocenters. The minimum atomic E-state index is -0.415. The third-order valence-electron chi connectivity index (χ3n) is 8.88. The molecule has 1 N–H and O–H groups in total. The minimum absolute atomic E-state index is 0.108. The average molecular weight is 559 g/mol. The summed E-state index contributed by atoms with van der Waals surface area (Å²) in [4.78, 5) is 23.4. The highest BCUT2D eigenvalue weighted by Gasteiger charge is 2.56. The van der Waals surface area contributed by atoms with Crippen molar-refractivity contribution in [2.24, 2.45) is 11.3 Å². The molecule has 0 aliphatic heterocycles. The molecule has 2 aromatic rings. The van der Waals surface area contributed by atoms with Crippen LogP contribution in [-0.4, -0.2) is 35.9 Å². The summed E-state index contributed by atoms with van der Waals surface area (Å²) >= 11 is 0. The third kappa shape index (κ3) is 7.37. The topological polar surface area (TPSA) is 72.8 Å². The van der Waals surface area contributed by atoms with E-state index in [1.807, 2.05) is 6.07 Å². The lowest BCUT2D eigenvalue weighted by Crippen LogP contribution is -2.29. The van der Waals surface area contributed by atoms with Gasteiger partial charge in [-0.1, -0.05) is 99.0 Å². The molecule has 2 aromatic carbocycles. The molecular formula is C36H46O5. The third-order valence-corrected chi connectivity index (χ3v) is 8.88. The summed E-state index contributed by atoms with van der Waals surface area (Å²) in [5.41, 5.74) is 6.20. The highest BCUT2D eigenvalue weighted by atomic mass is 16.6. The van der Waals surface area contributed by atoms with Crippen LogP contribution in [0.25, 0.3) is 11.1 Å². The lowest BCUT2D eigenvalue weighted by atomic mass is 9.66. The zero-order valence-corrected chi connectivity index (χ0v) is 24.8. The maximum Gasteiger partial charge on any atom is 0.305 e. The molecule has 0 bridgehead atoms. The number of aliphatic hydroxyl groups excluding tert-OH is 1. The number of carbonyl (C=O) groups excluding carboxylic acids is 2. The number of ether oxygens (including phenoxy) is 2. The molecule has 0 aromatic heterocycles. The Balaban J connectivity index is 1.33. The summed E-state index contributed by atoms with van der Waals surface area (Å²) in [6, 6.07) is 21.2. The summed E-state index contributed by atoms with van der Waals surface area (Å²) in [5, 5.41) is 11.1. The van der Waals surface area contributed by atoms with Crippen LogP contribution >= 0.6 is 0 Å². The largest absolute Gasteiger partial charge is 0.462 e. The first-order valence-electron chi connectivity index (χ1n) is 15.4. The van der Waals surface area contributed by atoms with Crippen LogP contribution in [0.5, 0.6) is 0 Å². The summed E-state index contributed by atoms with van der Waals surface area (Å²) in [5.74, 6) is -0.352. The smallest absolute Gasteiger partial charge is 0.305 e. The van der Waals surface area contributed by atoms with E-state index < -0.39 is 6.10 Å². The Kier molecular flexibility index (Phi) is 11.0. The fourth-order valence-corrected chi connectivity index (χ4v) is 6.87. The summed E-state index contributed by atoms with van der Waals surface area (Å²) in [6.45, 7) is 8.24. The number of rotatable bonds is 15. The molecule has 0 amide bonds. The lowest BCUT2D eigenvalue weighted by molar-refractivity contribution is -0.157. The normalized spacial score (nSPS) is 22.3. The van der Waals surface area contributed by atoms with Gasteiger partial charge in [-0.3, -0.25) is 9.59 Å². The first kappa shape index (κ1) is 30.8. The number of unbranched alkanes of at least 4 members (excludes halogenated alkanes) is 4. The molecule has 0 spiro atoms. The van der Waals surface area contributed by atoms with Crippen LogP contribution in [0.15, 0.2) is 72.8 Å². The molecule has 5 heteroatoms. The van der Waals surface area contributed by atoms with Gasteiger partial charge in [0.25, 0.3) is 0 Å². The fourth-order valence-electron chi connectivity index (χ4n) is 6.87. The van der Waals surface area contributed by atoms with Crippen molar-refractivity contribution in [1.82, 2.24) is 0 Å². The molecule has 1 fully saturated rings. The first-order chi connectivity index (χ1) is 19.9. The van der Waals surface area contributed by atoms with Crippen LogP contribution in [0.4, 0.5) is 0 Å². The van der Waals surface area contributed by atoms with E-state index in [1.54, 1.807) is 13.8 Å². The molecule has 4 rings (SSSR count). The number of benzene rings is 2. The lowest BCUT2D eigenvalue weighted by Gasteiger charge is -2.37. The van der Waals surface area contributed by atoms with Gasteiger partial charge in [0.2, 0.25) is 0 Å². The van der Waals surface area contributed by atoms with Crippen molar-refractivity contribution in [2.75, 3.05) is 6.61 Å². The van der Waals surface area contributed by atoms with Gasteiger partial charge in [-0.15, -0.1) is 0 Å². The second-order valence-electron chi connectivity index (χ2n) is 11.7. The van der Waals surface area contributed by atoms with E-state index in [0.29, 0.717) is 12.8 Å². The quantitative estimate of drug-likeness (QED) is 0.177. The molecule has 0 saturated heterocycles. The van der Waals surface area contributed by atoms with Gasteiger partial charge in [0, 0.05) is 24.2 Å². The van der Waals surface area contributed by atoms with Crippen molar-refractivity contribution in [3.63, 3.8) is 0 Å². The van der Waals surface area contributed by atoms with Crippen LogP contribution in [-0.2, 0) is 19.1 Å². The average Bonchev–Trinajstić information content (AvgIpc) is 3.50. The predicted octanol–water partition coefficient (Wildman–Crippen LogP) is 7.93. The Morgan fingerprint density at radius 1 is 0.976 bits per heavy atom. The van der Waals surface area contributed by atoms with Crippen molar-refractivity contribution in [3.05, 3.63) is 83.9 Å². The van der Waals surface area contributed by atoms with Crippen molar-refractivity contribution in [3.8, 4) is 0 Å². The fraction of sp³-hybridized carbons (Fsp3) is 0.500. The molecule has 220 valence electrons. The summed E-state index contributed by atoms with van der Waals surface area (Å²) < 4.78 is 10.4. The second-order valence-corrected chi connectivity index (χ2v) is 11.7. The van der Waals surface area contributed by atoms with Crippen LogP contribution in [0, 0.1) is 11.3 Å². The van der Waals surface area contributed by atoms with Gasteiger partial charge in [-0.25, -0.2) is 0 Å². The molecule has 4 atom stereocenters. The second kappa shape index (κ2) is 14.6. The number of allylic oxidation sites excluding steroid dienone is 3. The first-order valence-corrected chi connectivity index (χ1v) is 15.4. The molecule has 5 nitrogen and oxygen atoms in total. The standard InChI is InChI=1S/C36H46O5/c1-4-33(38)41-26(2)25-40-34(39)21-15-7-5-6-10-20-30-24-31-32(37)22-23-36(31,27(3)28-16-11-8-12-17-28)35(30)29-18-13-9-14-19-29/h8-9,11-14,16-19,26,31-32,37H,3-7,10,15,20-25H2,1-2H3/t26-,31?,32?,36?/m1/s1. The van der Waals surface area contributed by atoms with Gasteiger partial charge in [0.05, 0.1) is 6.10 Å². The Hall–Kier alpha value is -3.18. The molecule has 2 aliphatic carbocycles. The van der Waals surface area contributed by atoms with E-state index in [-0.39, 0.29) is 36.0 Å². The van der Waals surface area contributed by atoms with E-state index >= 15 is 0 Å². The van der Waals surface area contributed by atoms with Crippen LogP contribution in [0.3, 0.4) is 0 Å². The Morgan fingerprint density at radius 2 is 1.63 bits per heavy atom. The van der Waals surface area contributed by atoms with Crippen LogP contribution in [0.1, 0.15) is 95.6 Å². The van der Waals surface area contributed by atoms with Crippen LogP contribution < -0.4 is 0 Å². The van der Waals surface area contributed by atoms with E-state index in [2.05, 4.69) is 61.2 Å². The van der Waals surface area contributed by atoms with Gasteiger partial charge in [0.15, 0.2) is 0 Å². The Labute approximate surface area is 245 Å². The van der Waals surface area contributed by atoms with E-state index in [4.69, 9.17) is 9.47 Å². The van der Waals surface area contributed by atoms with Crippen molar-refractivity contribution in [1.29, 1.82) is 0 Å². The highest BCUT2D eigenvalue weighted by molar-refractivity contribution is 5.90. The molecule has 1 saturated carbocycles. The number of hydrogen-bond acceptors (Lipinski definition) is 5. The van der Waals surface area contributed by atoms with Gasteiger partial charge in [-0.05, 0) is 67.7 Å².